The fourth-order valence-corrected chi connectivity index (χ4v) is 0. The van der Waals surface area contributed by atoms with Crippen molar-refractivity contribution in [3.8, 4) is 0 Å². The predicted molar refractivity (Wildman–Crippen MR) is 36.7 cm³/mol. The van der Waals surface area contributed by atoms with Crippen molar-refractivity contribution in [1.82, 2.24) is 0 Å². The molecule has 0 aliphatic heterocycles. The van der Waals surface area contributed by atoms with Crippen LogP contribution >= 0.6 is 24.4 Å². The molecule has 0 aliphatic rings. The van der Waals surface area contributed by atoms with Crippen molar-refractivity contribution in [3.63, 3.8) is 0 Å². The van der Waals surface area contributed by atoms with Gasteiger partial charge in [-0.25, -0.2) is 0 Å². The molecule has 0 saturated heterocycles. The van der Waals surface area contributed by atoms with Crippen molar-refractivity contribution < 1.29 is 29.6 Å². The van der Waals surface area contributed by atoms with Crippen LogP contribution in [0.1, 0.15) is 0 Å². The molecule has 0 aliphatic carbocycles. The van der Waals surface area contributed by atoms with Crippen LogP contribution in [0.15, 0.2) is 0 Å². The normalized spacial score (nSPS) is 6.29. The fourth-order valence-electron chi connectivity index (χ4n) is 0. The molecular weight excluding hydrogens is 157 g/mol. The molecule has 7 heavy (non-hydrogen) atoms. The van der Waals surface area contributed by atoms with Gasteiger partial charge in [0.05, 0.1) is 4.99 Å². The second-order valence-corrected chi connectivity index (χ2v) is 2.17. The zero-order valence-corrected chi connectivity index (χ0v) is 8.25. The summed E-state index contributed by atoms with van der Waals surface area (Å²) in [6.07, 6.45) is 0. The number of hydrogen-bond acceptors (Lipinski definition) is 3. The zero-order chi connectivity index (χ0) is 5.15. The third kappa shape index (κ3) is 7.20. The van der Waals surface area contributed by atoms with Gasteiger partial charge < -0.3 is 30.6 Å². The van der Waals surface area contributed by atoms with Crippen LogP contribution in [0.2, 0.25) is 0 Å². The number of thiocarbonyl (C=S) groups is 2. The molecule has 0 aromatic heterocycles. The molecule has 0 fully saturated rings. The van der Waals surface area contributed by atoms with Crippen molar-refractivity contribution in [1.29, 1.82) is 0 Å². The number of hydrogen-bond donors (Lipinski definition) is 1. The molecule has 0 aromatic rings. The van der Waals surface area contributed by atoms with Gasteiger partial charge in [-0.1, -0.05) is 16.4 Å². The van der Waals surface area contributed by atoms with Gasteiger partial charge in [0.15, 0.2) is 0 Å². The van der Waals surface area contributed by atoms with Gasteiger partial charge in [0.2, 0.25) is 0 Å². The Labute approximate surface area is 80.7 Å². The van der Waals surface area contributed by atoms with E-state index in [1.807, 2.05) is 0 Å². The minimum atomic E-state index is 0. The van der Waals surface area contributed by atoms with E-state index in [-0.39, 0.29) is 38.7 Å². The van der Waals surface area contributed by atoms with Crippen molar-refractivity contribution in [2.24, 2.45) is 5.73 Å². The van der Waals surface area contributed by atoms with E-state index in [4.69, 9.17) is 5.73 Å². The van der Waals surface area contributed by atoms with Crippen LogP contribution in [0.5, 0.6) is 0 Å². The van der Waals surface area contributed by atoms with Crippen LogP contribution in [0, 0.1) is 0 Å². The van der Waals surface area contributed by atoms with Gasteiger partial charge in [0, 0.05) is 0 Å². The molecule has 0 unspecified atom stereocenters. The summed E-state index contributed by atoms with van der Waals surface area (Å²) in [6.45, 7) is 0. The maximum atomic E-state index is 4.92. The third-order valence-corrected chi connectivity index (χ3v) is 1.10. The molecule has 0 aromatic carbocycles. The topological polar surface area (TPSA) is 26.0 Å². The van der Waals surface area contributed by atoms with Crippen LogP contribution in [-0.2, 0) is 12.6 Å². The Bertz CT molecular complexity index is 78.9. The molecule has 34 valence electrons. The van der Waals surface area contributed by atoms with Crippen LogP contribution in [-0.4, -0.2) is 9.19 Å². The monoisotopic (exact) mass is 159 g/mol. The molecule has 0 atom stereocenters. The molecule has 0 amide bonds. The minimum absolute atomic E-state index is 0. The zero-order valence-electron chi connectivity index (χ0n) is 3.80. The largest absolute Gasteiger partial charge is 1.00 e. The smallest absolute Gasteiger partial charge is 0.426 e. The SMILES string of the molecule is NC(=S)C(=S)[S-].[Na+]. The summed E-state index contributed by atoms with van der Waals surface area (Å²) in [5.74, 6) is 0. The van der Waals surface area contributed by atoms with E-state index in [1.165, 1.54) is 0 Å². The van der Waals surface area contributed by atoms with Crippen molar-refractivity contribution in [2.45, 2.75) is 0 Å². The van der Waals surface area contributed by atoms with E-state index in [0.717, 1.165) is 0 Å². The van der Waals surface area contributed by atoms with E-state index in [9.17, 15) is 0 Å². The quantitative estimate of drug-likeness (QED) is 0.253. The van der Waals surface area contributed by atoms with Crippen LogP contribution in [0.25, 0.3) is 0 Å². The van der Waals surface area contributed by atoms with E-state index < -0.39 is 0 Å². The maximum Gasteiger partial charge on any atom is 1.00 e. The Kier molecular flexibility index (Phi) is 8.43. The summed E-state index contributed by atoms with van der Waals surface area (Å²) in [5.41, 5.74) is 4.92. The Hall–Kier alpha value is 1.20. The number of nitrogens with two attached hydrogens (primary N) is 1. The van der Waals surface area contributed by atoms with Crippen molar-refractivity contribution in [3.05, 3.63) is 0 Å². The molecule has 5 heteroatoms. The van der Waals surface area contributed by atoms with Crippen LogP contribution < -0.4 is 35.3 Å². The Morgan fingerprint density at radius 1 is 1.43 bits per heavy atom. The van der Waals surface area contributed by atoms with Gasteiger partial charge in [-0.05, 0) is 0 Å². The first-order valence-corrected chi connectivity index (χ1v) is 2.38. The first-order valence-electron chi connectivity index (χ1n) is 1.15. The molecule has 0 spiro atoms. The summed E-state index contributed by atoms with van der Waals surface area (Å²) < 4.78 is 0.185. The summed E-state index contributed by atoms with van der Waals surface area (Å²) in [4.78, 5) is 0.139. The van der Waals surface area contributed by atoms with Gasteiger partial charge >= 0.3 is 29.6 Å². The molecule has 0 saturated carbocycles. The van der Waals surface area contributed by atoms with Crippen LogP contribution in [0.4, 0.5) is 0 Å². The standard InChI is InChI=1S/C2H3NS3.Na/c3-1(4)2(5)6;/h(H2,3,4)(H,5,6);/q;+1/p-1. The van der Waals surface area contributed by atoms with E-state index in [0.29, 0.717) is 0 Å². The summed E-state index contributed by atoms with van der Waals surface area (Å²) in [7, 11) is 0. The molecule has 2 N–H and O–H groups in total. The van der Waals surface area contributed by atoms with E-state index in [2.05, 4.69) is 37.1 Å². The van der Waals surface area contributed by atoms with Gasteiger partial charge in [-0.2, -0.15) is 0 Å². The Balaban J connectivity index is 0. The first-order chi connectivity index (χ1) is 2.64. The Morgan fingerprint density at radius 3 is 1.57 bits per heavy atom. The second kappa shape index (κ2) is 5.34. The minimum Gasteiger partial charge on any atom is -0.426 e. The molecule has 1 nitrogen and oxygen atoms in total. The van der Waals surface area contributed by atoms with Gasteiger partial charge in [0.25, 0.3) is 0 Å². The fraction of sp³-hybridized carbons (Fsp3) is 0. The predicted octanol–water partition coefficient (Wildman–Crippen LogP) is -2.85. The van der Waals surface area contributed by atoms with E-state index >= 15 is 0 Å². The first kappa shape index (κ1) is 11.1. The summed E-state index contributed by atoms with van der Waals surface area (Å²) in [6, 6.07) is 0. The van der Waals surface area contributed by atoms with Crippen molar-refractivity contribution >= 4 is 46.2 Å². The van der Waals surface area contributed by atoms with Crippen molar-refractivity contribution in [2.75, 3.05) is 0 Å². The summed E-state index contributed by atoms with van der Waals surface area (Å²) in [5, 5.41) is 0. The van der Waals surface area contributed by atoms with Crippen LogP contribution in [0.3, 0.4) is 0 Å². The average molecular weight is 159 g/mol. The molecular formula is C2H2NNaS3. The maximum absolute atomic E-state index is 4.92. The van der Waals surface area contributed by atoms with E-state index in [1.54, 1.807) is 0 Å². The second-order valence-electron chi connectivity index (χ2n) is 0.652. The third-order valence-electron chi connectivity index (χ3n) is 0.201. The van der Waals surface area contributed by atoms with Gasteiger partial charge in [-0.15, -0.1) is 0 Å². The molecule has 0 bridgehead atoms. The average Bonchev–Trinajstić information content (AvgIpc) is 1.36. The summed E-state index contributed by atoms with van der Waals surface area (Å²) >= 11 is 13.1. The van der Waals surface area contributed by atoms with Gasteiger partial charge in [0.1, 0.15) is 0 Å². The molecule has 0 radical (unpaired) electrons. The van der Waals surface area contributed by atoms with Gasteiger partial charge in [-0.3, -0.25) is 0 Å². The molecule has 0 heterocycles. The molecule has 0 rings (SSSR count). The Morgan fingerprint density at radius 2 is 1.57 bits per heavy atom. The number of rotatable bonds is 1.